The van der Waals surface area contributed by atoms with Crippen LogP contribution in [-0.2, 0) is 0 Å². The number of aromatic nitrogens is 1. The van der Waals surface area contributed by atoms with Crippen molar-refractivity contribution in [1.82, 2.24) is 4.98 Å². The molecule has 0 unspecified atom stereocenters. The topological polar surface area (TPSA) is 90.4 Å². The second-order valence-corrected chi connectivity index (χ2v) is 1.90. The third-order valence-electron chi connectivity index (χ3n) is 1.15. The van der Waals surface area contributed by atoms with Crippen LogP contribution in [0.2, 0.25) is 0 Å². The summed E-state index contributed by atoms with van der Waals surface area (Å²) in [7, 11) is 0. The van der Waals surface area contributed by atoms with Gasteiger partial charge in [0.05, 0.1) is 0 Å². The molecule has 1 aromatic rings. The zero-order valence-electron chi connectivity index (χ0n) is 5.37. The molecule has 0 aromatic carbocycles. The zero-order chi connectivity index (χ0) is 8.43. The van der Waals surface area contributed by atoms with Gasteiger partial charge in [-0.15, -0.1) is 0 Å². The van der Waals surface area contributed by atoms with E-state index >= 15 is 0 Å². The molecule has 0 bridgehead atoms. The minimum absolute atomic E-state index is 0. The van der Waals surface area contributed by atoms with E-state index in [0.717, 1.165) is 0 Å². The monoisotopic (exact) mass is 179 g/mol. The molecule has 6 heteroatoms. The van der Waals surface area contributed by atoms with Crippen LogP contribution in [0.25, 0.3) is 0 Å². The van der Waals surface area contributed by atoms with Gasteiger partial charge in [0.2, 0.25) is 0 Å². The normalized spacial score (nSPS) is 8.67. The van der Waals surface area contributed by atoms with E-state index in [2.05, 4.69) is 4.98 Å². The number of carboxylic acid groups (broad SMARTS) is 2. The van der Waals surface area contributed by atoms with Crippen molar-refractivity contribution in [3.63, 3.8) is 0 Å². The van der Waals surface area contributed by atoms with Gasteiger partial charge in [-0.05, 0) is 12.1 Å². The summed E-state index contributed by atoms with van der Waals surface area (Å²) in [5.74, 6) is -2.34. The summed E-state index contributed by atoms with van der Waals surface area (Å²) < 4.78 is 0. The number of hydrogen-bond acceptors (Lipinski definition) is 2. The Labute approximate surface area is 89.7 Å². The Bertz CT molecular complexity index is 278. The first-order valence-corrected chi connectivity index (χ1v) is 2.77. The molecule has 1 rings (SSSR count). The number of H-pyrrole nitrogens is 1. The van der Waals surface area contributed by atoms with Crippen molar-refractivity contribution in [2.75, 3.05) is 0 Å². The second kappa shape index (κ2) is 4.30. The molecule has 1 heterocycles. The van der Waals surface area contributed by atoms with Gasteiger partial charge in [0.1, 0.15) is 11.4 Å². The second-order valence-electron chi connectivity index (χ2n) is 1.90. The van der Waals surface area contributed by atoms with E-state index in [-0.39, 0.29) is 40.9 Å². The van der Waals surface area contributed by atoms with Crippen molar-refractivity contribution in [3.05, 3.63) is 23.5 Å². The van der Waals surface area contributed by atoms with Crippen molar-refractivity contribution in [2.45, 2.75) is 0 Å². The molecule has 0 aliphatic carbocycles. The van der Waals surface area contributed by atoms with Crippen LogP contribution in [0.15, 0.2) is 12.1 Å². The maximum absolute atomic E-state index is 10.2. The van der Waals surface area contributed by atoms with E-state index in [4.69, 9.17) is 10.2 Å². The maximum atomic E-state index is 10.2. The summed E-state index contributed by atoms with van der Waals surface area (Å²) in [6.45, 7) is 0. The average Bonchev–Trinajstić information content (AvgIpc) is 2.33. The van der Waals surface area contributed by atoms with Gasteiger partial charge in [-0.25, -0.2) is 9.59 Å². The van der Waals surface area contributed by atoms with E-state index < -0.39 is 11.9 Å². The molecule has 0 amide bonds. The van der Waals surface area contributed by atoms with Crippen LogP contribution in [-0.4, -0.2) is 56.7 Å². The van der Waals surface area contributed by atoms with E-state index in [1.165, 1.54) is 12.1 Å². The van der Waals surface area contributed by atoms with Crippen LogP contribution in [0.5, 0.6) is 0 Å². The van der Waals surface area contributed by atoms with Crippen LogP contribution < -0.4 is 0 Å². The molecule has 0 atom stereocenters. The summed E-state index contributed by atoms with van der Waals surface area (Å²) in [4.78, 5) is 22.6. The van der Waals surface area contributed by atoms with Gasteiger partial charge < -0.3 is 15.2 Å². The fraction of sp³-hybridized carbons (Fsp3) is 0. The molecule has 60 valence electrons. The average molecular weight is 179 g/mol. The number of rotatable bonds is 2. The Kier molecular flexibility index (Phi) is 4.02. The summed E-state index contributed by atoms with van der Waals surface area (Å²) in [6, 6.07) is 2.40. The first-order chi connectivity index (χ1) is 5.11. The van der Waals surface area contributed by atoms with Crippen molar-refractivity contribution in [3.8, 4) is 0 Å². The molecular weight excluding hydrogens is 173 g/mol. The van der Waals surface area contributed by atoms with E-state index in [1.807, 2.05) is 0 Å². The van der Waals surface area contributed by atoms with Gasteiger partial charge >= 0.3 is 41.5 Å². The Morgan fingerprint density at radius 1 is 1.08 bits per heavy atom. The Balaban J connectivity index is 0.00000121. The molecular formula is C6H6NNaO4. The molecule has 1 aromatic heterocycles. The first-order valence-electron chi connectivity index (χ1n) is 2.77. The van der Waals surface area contributed by atoms with Gasteiger partial charge in [-0.2, -0.15) is 0 Å². The number of aromatic carboxylic acids is 2. The molecule has 0 radical (unpaired) electrons. The predicted octanol–water partition coefficient (Wildman–Crippen LogP) is -0.237. The summed E-state index contributed by atoms with van der Waals surface area (Å²) in [5, 5.41) is 16.7. The number of carboxylic acids is 2. The van der Waals surface area contributed by atoms with Crippen molar-refractivity contribution in [2.24, 2.45) is 0 Å². The Morgan fingerprint density at radius 3 is 1.58 bits per heavy atom. The number of aromatic amines is 1. The van der Waals surface area contributed by atoms with Crippen LogP contribution in [0.1, 0.15) is 21.0 Å². The third-order valence-corrected chi connectivity index (χ3v) is 1.15. The minimum atomic E-state index is -1.17. The van der Waals surface area contributed by atoms with E-state index in [1.54, 1.807) is 0 Å². The van der Waals surface area contributed by atoms with Gasteiger partial charge in [-0.1, -0.05) is 0 Å². The predicted molar refractivity (Wildman–Crippen MR) is 41.9 cm³/mol. The fourth-order valence-electron chi connectivity index (χ4n) is 0.645. The van der Waals surface area contributed by atoms with Crippen molar-refractivity contribution < 1.29 is 19.8 Å². The molecule has 0 aliphatic rings. The molecule has 3 N–H and O–H groups in total. The van der Waals surface area contributed by atoms with Crippen molar-refractivity contribution >= 4 is 41.5 Å². The van der Waals surface area contributed by atoms with Crippen LogP contribution in [0.3, 0.4) is 0 Å². The number of hydrogen-bond donors (Lipinski definition) is 3. The van der Waals surface area contributed by atoms with E-state index in [0.29, 0.717) is 0 Å². The Hall–Kier alpha value is -0.780. The molecule has 0 spiro atoms. The summed E-state index contributed by atoms with van der Waals surface area (Å²) in [5.41, 5.74) is -0.246. The molecule has 5 nitrogen and oxygen atoms in total. The number of carbonyl (C=O) groups is 2. The van der Waals surface area contributed by atoms with Crippen LogP contribution in [0, 0.1) is 0 Å². The SMILES string of the molecule is O=C(O)c1ccc(C(=O)O)[nH]1.[NaH]. The molecule has 12 heavy (non-hydrogen) atoms. The van der Waals surface area contributed by atoms with Gasteiger partial charge in [0.25, 0.3) is 0 Å². The van der Waals surface area contributed by atoms with Gasteiger partial charge in [0, 0.05) is 0 Å². The Morgan fingerprint density at radius 2 is 1.42 bits per heavy atom. The zero-order valence-corrected chi connectivity index (χ0v) is 5.37. The molecule has 0 saturated heterocycles. The fourth-order valence-corrected chi connectivity index (χ4v) is 0.645. The molecule has 0 fully saturated rings. The summed E-state index contributed by atoms with van der Waals surface area (Å²) in [6.07, 6.45) is 0. The molecule has 0 saturated carbocycles. The van der Waals surface area contributed by atoms with Crippen LogP contribution in [0.4, 0.5) is 0 Å². The van der Waals surface area contributed by atoms with Gasteiger partial charge in [-0.3, -0.25) is 0 Å². The molecule has 0 aliphatic heterocycles. The third kappa shape index (κ3) is 2.37. The number of nitrogens with one attached hydrogen (secondary N) is 1. The quantitative estimate of drug-likeness (QED) is 0.546. The van der Waals surface area contributed by atoms with Crippen LogP contribution >= 0.6 is 0 Å². The first kappa shape index (κ1) is 11.2. The van der Waals surface area contributed by atoms with E-state index in [9.17, 15) is 9.59 Å². The standard InChI is InChI=1S/C6H5NO4.Na.H/c8-5(9)3-1-2-4(7-3)6(10)11;;/h1-2,7H,(H,8,9)(H,10,11);;. The van der Waals surface area contributed by atoms with Crippen molar-refractivity contribution in [1.29, 1.82) is 0 Å². The van der Waals surface area contributed by atoms with Gasteiger partial charge in [0.15, 0.2) is 0 Å². The summed E-state index contributed by atoms with van der Waals surface area (Å²) >= 11 is 0.